The maximum Gasteiger partial charge on any atom is 0.261 e. The summed E-state index contributed by atoms with van der Waals surface area (Å²) in [7, 11) is 0. The topological polar surface area (TPSA) is 141 Å². The number of aliphatic hydroxyl groups excluding tert-OH is 1. The van der Waals surface area contributed by atoms with Crippen molar-refractivity contribution in [2.45, 2.75) is 38.2 Å². The van der Waals surface area contributed by atoms with Crippen LogP contribution >= 0.6 is 0 Å². The van der Waals surface area contributed by atoms with Crippen LogP contribution in [-0.2, 0) is 19.4 Å². The molecule has 40 heavy (non-hydrogen) atoms. The number of nitrogens with zero attached hydrogens (tertiary/aromatic N) is 5. The highest BCUT2D eigenvalue weighted by molar-refractivity contribution is 6.09. The van der Waals surface area contributed by atoms with Crippen LogP contribution in [0.5, 0.6) is 0 Å². The van der Waals surface area contributed by atoms with Crippen LogP contribution in [-0.4, -0.2) is 32.5 Å². The van der Waals surface area contributed by atoms with Gasteiger partial charge in [0.1, 0.15) is 5.82 Å². The second kappa shape index (κ2) is 10.4. The minimum Gasteiger partial charge on any atom is -0.392 e. The minimum absolute atomic E-state index is 0.0283. The van der Waals surface area contributed by atoms with Crippen molar-refractivity contribution in [2.75, 3.05) is 22.5 Å². The van der Waals surface area contributed by atoms with Crippen LogP contribution < -0.4 is 16.0 Å². The van der Waals surface area contributed by atoms with E-state index < -0.39 is 18.3 Å². The summed E-state index contributed by atoms with van der Waals surface area (Å²) in [5.41, 5.74) is 10.7. The molecule has 0 atom stereocenters. The SMILES string of the molecule is N#CCc1ccc(Nc2nc(N)nc(-c3cccc(N4CCc5cc(C6CC6)cc(F)c5C4=O)c3CO)n2)cc1. The first-order chi connectivity index (χ1) is 19.4. The molecule has 0 saturated heterocycles. The highest BCUT2D eigenvalue weighted by Gasteiger charge is 2.33. The molecule has 4 N–H and O–H groups in total. The van der Waals surface area contributed by atoms with Gasteiger partial charge in [-0.05, 0) is 66.1 Å². The van der Waals surface area contributed by atoms with E-state index in [-0.39, 0.29) is 23.3 Å². The van der Waals surface area contributed by atoms with Gasteiger partial charge >= 0.3 is 0 Å². The number of anilines is 4. The van der Waals surface area contributed by atoms with Crippen molar-refractivity contribution in [1.29, 1.82) is 5.26 Å². The van der Waals surface area contributed by atoms with Gasteiger partial charge in [-0.1, -0.05) is 30.3 Å². The van der Waals surface area contributed by atoms with Gasteiger partial charge in [-0.3, -0.25) is 4.79 Å². The van der Waals surface area contributed by atoms with E-state index in [1.165, 1.54) is 11.0 Å². The van der Waals surface area contributed by atoms with E-state index in [1.54, 1.807) is 30.3 Å². The fourth-order valence-electron chi connectivity index (χ4n) is 5.17. The maximum absolute atomic E-state index is 15.2. The van der Waals surface area contributed by atoms with Crippen LogP contribution in [0.4, 0.5) is 27.7 Å². The number of fused-ring (bicyclic) bond motifs is 1. The third-order valence-electron chi connectivity index (χ3n) is 7.29. The molecule has 3 aromatic carbocycles. The minimum atomic E-state index is -0.502. The largest absolute Gasteiger partial charge is 0.392 e. The number of nitriles is 1. The Morgan fingerprint density at radius 1 is 1.12 bits per heavy atom. The first-order valence-corrected chi connectivity index (χ1v) is 13.1. The molecular weight excluding hydrogens is 509 g/mol. The number of carbonyl (C=O) groups excluding carboxylic acids is 1. The number of nitrogen functional groups attached to an aromatic ring is 1. The molecule has 200 valence electrons. The summed E-state index contributed by atoms with van der Waals surface area (Å²) in [4.78, 5) is 28.0. The van der Waals surface area contributed by atoms with Crippen LogP contribution in [0.15, 0.2) is 54.6 Å². The molecule has 1 aliphatic heterocycles. The monoisotopic (exact) mass is 535 g/mol. The number of nitrogens with one attached hydrogen (secondary N) is 1. The first kappa shape index (κ1) is 25.4. The Kier molecular flexibility index (Phi) is 6.58. The van der Waals surface area contributed by atoms with Crippen LogP contribution in [0.3, 0.4) is 0 Å². The van der Waals surface area contributed by atoms with Gasteiger partial charge in [0.15, 0.2) is 5.82 Å². The number of nitrogens with two attached hydrogens (primary N) is 1. The molecule has 1 aliphatic carbocycles. The van der Waals surface area contributed by atoms with Gasteiger partial charge in [0, 0.05) is 23.4 Å². The first-order valence-electron chi connectivity index (χ1n) is 13.1. The molecule has 0 bridgehead atoms. The Morgan fingerprint density at radius 3 is 2.65 bits per heavy atom. The Balaban J connectivity index is 1.33. The van der Waals surface area contributed by atoms with Gasteiger partial charge in [0.25, 0.3) is 5.91 Å². The van der Waals surface area contributed by atoms with Crippen molar-refractivity contribution < 1.29 is 14.3 Å². The zero-order valence-electron chi connectivity index (χ0n) is 21.6. The molecule has 9 nitrogen and oxygen atoms in total. The summed E-state index contributed by atoms with van der Waals surface area (Å²) in [6.07, 6.45) is 2.92. The molecule has 10 heteroatoms. The number of aliphatic hydroxyl groups is 1. The zero-order chi connectivity index (χ0) is 27.8. The van der Waals surface area contributed by atoms with E-state index in [4.69, 9.17) is 11.0 Å². The lowest BCUT2D eigenvalue weighted by atomic mass is 9.93. The van der Waals surface area contributed by atoms with Crippen LogP contribution in [0.2, 0.25) is 0 Å². The van der Waals surface area contributed by atoms with Crippen molar-refractivity contribution in [3.8, 4) is 17.5 Å². The van der Waals surface area contributed by atoms with Crippen molar-refractivity contribution in [3.63, 3.8) is 0 Å². The van der Waals surface area contributed by atoms with Gasteiger partial charge in [0.2, 0.25) is 11.9 Å². The summed E-state index contributed by atoms with van der Waals surface area (Å²) in [6, 6.07) is 18.0. The quantitative estimate of drug-likeness (QED) is 0.311. The van der Waals surface area contributed by atoms with Crippen LogP contribution in [0.1, 0.15) is 51.4 Å². The average Bonchev–Trinajstić information content (AvgIpc) is 3.79. The van der Waals surface area contributed by atoms with Gasteiger partial charge < -0.3 is 21.1 Å². The van der Waals surface area contributed by atoms with Crippen molar-refractivity contribution in [3.05, 3.63) is 88.2 Å². The summed E-state index contributed by atoms with van der Waals surface area (Å²) in [5, 5.41) is 22.4. The van der Waals surface area contributed by atoms with Crippen molar-refractivity contribution in [1.82, 2.24) is 15.0 Å². The molecule has 2 aliphatic rings. The summed E-state index contributed by atoms with van der Waals surface area (Å²) in [5.74, 6) is -0.170. The molecule has 0 unspecified atom stereocenters. The van der Waals surface area contributed by atoms with E-state index >= 15 is 4.39 Å². The molecule has 1 saturated carbocycles. The lowest BCUT2D eigenvalue weighted by molar-refractivity contribution is 0.0976. The summed E-state index contributed by atoms with van der Waals surface area (Å²) < 4.78 is 15.2. The second-order valence-corrected chi connectivity index (χ2v) is 9.98. The molecule has 6 rings (SSSR count). The number of amides is 1. The molecule has 1 amide bonds. The number of hydrogen-bond acceptors (Lipinski definition) is 8. The number of benzene rings is 3. The van der Waals surface area contributed by atoms with Gasteiger partial charge in [-0.15, -0.1) is 0 Å². The third kappa shape index (κ3) is 4.83. The predicted molar refractivity (Wildman–Crippen MR) is 148 cm³/mol. The van der Waals surface area contributed by atoms with Gasteiger partial charge in [-0.25, -0.2) is 4.39 Å². The average molecular weight is 536 g/mol. The highest BCUT2D eigenvalue weighted by atomic mass is 19.1. The second-order valence-electron chi connectivity index (χ2n) is 9.98. The molecule has 0 spiro atoms. The molecule has 1 fully saturated rings. The molecular formula is C30H26FN7O2. The Bertz CT molecular complexity index is 1660. The number of rotatable bonds is 7. The predicted octanol–water partition coefficient (Wildman–Crippen LogP) is 4.64. The highest BCUT2D eigenvalue weighted by Crippen LogP contribution is 2.42. The normalized spacial score (nSPS) is 14.5. The zero-order valence-corrected chi connectivity index (χ0v) is 21.6. The van der Waals surface area contributed by atoms with E-state index in [0.717, 1.165) is 29.5 Å². The van der Waals surface area contributed by atoms with Crippen molar-refractivity contribution in [2.24, 2.45) is 0 Å². The third-order valence-corrected chi connectivity index (χ3v) is 7.29. The molecule has 4 aromatic rings. The van der Waals surface area contributed by atoms with Gasteiger partial charge in [-0.2, -0.15) is 20.2 Å². The molecule has 2 heterocycles. The molecule has 0 radical (unpaired) electrons. The van der Waals surface area contributed by atoms with E-state index in [9.17, 15) is 9.90 Å². The van der Waals surface area contributed by atoms with E-state index in [0.29, 0.717) is 47.8 Å². The number of halogens is 1. The lowest BCUT2D eigenvalue weighted by Crippen LogP contribution is -2.39. The number of hydrogen-bond donors (Lipinski definition) is 3. The van der Waals surface area contributed by atoms with Crippen LogP contribution in [0.25, 0.3) is 11.4 Å². The smallest absolute Gasteiger partial charge is 0.261 e. The Morgan fingerprint density at radius 2 is 1.93 bits per heavy atom. The summed E-state index contributed by atoms with van der Waals surface area (Å²) in [6.45, 7) is -0.0518. The Hall–Kier alpha value is -4.88. The standard InChI is InChI=1S/C30H26FN7O2/c31-24-15-20(18-6-7-18)14-19-11-13-38(28(40)26(19)24)25-3-1-2-22(23(25)16-39)27-35-29(33)37-30(36-27)34-21-8-4-17(5-9-21)10-12-32/h1-5,8-9,14-15,18,39H,6-7,10-11,13,16H2,(H3,33,34,35,36,37). The Labute approximate surface area is 230 Å². The van der Waals surface area contributed by atoms with Crippen LogP contribution in [0, 0.1) is 17.1 Å². The lowest BCUT2D eigenvalue weighted by Gasteiger charge is -2.31. The number of aromatic nitrogens is 3. The van der Waals surface area contributed by atoms with Gasteiger partial charge in [0.05, 0.1) is 30.3 Å². The van der Waals surface area contributed by atoms with E-state index in [1.807, 2.05) is 18.2 Å². The fourth-order valence-corrected chi connectivity index (χ4v) is 5.17. The van der Waals surface area contributed by atoms with Crippen molar-refractivity contribution >= 4 is 29.2 Å². The maximum atomic E-state index is 15.2. The summed E-state index contributed by atoms with van der Waals surface area (Å²) >= 11 is 0. The fraction of sp³-hybridized carbons (Fsp3) is 0.233. The number of carbonyl (C=O) groups is 1. The molecule has 1 aromatic heterocycles. The van der Waals surface area contributed by atoms with E-state index in [2.05, 4.69) is 26.3 Å².